The zero-order valence-electron chi connectivity index (χ0n) is 20.9. The summed E-state index contributed by atoms with van der Waals surface area (Å²) >= 11 is 0. The van der Waals surface area contributed by atoms with Gasteiger partial charge in [0.2, 0.25) is 0 Å². The standard InChI is InChI=1S/C27H38FN3O3/c1-5-6-18-34-24-11-8-21(9-12-24)27(32)30(3)22-10-13-26(25(28)19-22)31-16-14-23(20-31)29(2)15-7-17-33-4/h8-13,19,23H,5-7,14-18,20H2,1-4H3. The summed E-state index contributed by atoms with van der Waals surface area (Å²) in [6, 6.07) is 12.5. The number of hydrogen-bond donors (Lipinski definition) is 0. The molecule has 1 fully saturated rings. The van der Waals surface area contributed by atoms with Crippen molar-refractivity contribution < 1.29 is 18.7 Å². The fraction of sp³-hybridized carbons (Fsp3) is 0.519. The number of hydrogen-bond acceptors (Lipinski definition) is 5. The zero-order valence-corrected chi connectivity index (χ0v) is 20.9. The van der Waals surface area contributed by atoms with Crippen LogP contribution in [0.1, 0.15) is 43.0 Å². The van der Waals surface area contributed by atoms with Crippen LogP contribution in [-0.2, 0) is 4.74 Å². The summed E-state index contributed by atoms with van der Waals surface area (Å²) in [5.74, 6) is 0.252. The van der Waals surface area contributed by atoms with Crippen molar-refractivity contribution in [3.63, 3.8) is 0 Å². The van der Waals surface area contributed by atoms with Crippen LogP contribution in [0.25, 0.3) is 0 Å². The maximum Gasteiger partial charge on any atom is 0.258 e. The summed E-state index contributed by atoms with van der Waals surface area (Å²) in [5.41, 5.74) is 1.65. The van der Waals surface area contributed by atoms with E-state index in [9.17, 15) is 4.79 Å². The lowest BCUT2D eigenvalue weighted by atomic mass is 10.1. The Hall–Kier alpha value is -2.64. The molecule has 0 N–H and O–H groups in total. The Kier molecular flexibility index (Phi) is 9.72. The van der Waals surface area contributed by atoms with Gasteiger partial charge in [0.1, 0.15) is 11.6 Å². The molecule has 3 rings (SSSR count). The Morgan fingerprint density at radius 2 is 1.88 bits per heavy atom. The fourth-order valence-corrected chi connectivity index (χ4v) is 4.26. The number of rotatable bonds is 12. The summed E-state index contributed by atoms with van der Waals surface area (Å²) < 4.78 is 25.9. The van der Waals surface area contributed by atoms with Gasteiger partial charge in [0.25, 0.3) is 5.91 Å². The van der Waals surface area contributed by atoms with Gasteiger partial charge in [0.15, 0.2) is 0 Å². The molecule has 1 heterocycles. The van der Waals surface area contributed by atoms with Crippen molar-refractivity contribution in [2.45, 2.75) is 38.6 Å². The van der Waals surface area contributed by atoms with Gasteiger partial charge in [-0.05, 0) is 68.8 Å². The number of carbonyl (C=O) groups is 1. The van der Waals surface area contributed by atoms with Crippen molar-refractivity contribution in [3.8, 4) is 5.75 Å². The molecule has 0 radical (unpaired) electrons. The molecule has 1 aliphatic rings. The molecule has 1 amide bonds. The number of likely N-dealkylation sites (N-methyl/N-ethyl adjacent to an activating group) is 1. The monoisotopic (exact) mass is 471 g/mol. The Bertz CT molecular complexity index is 922. The van der Waals surface area contributed by atoms with Gasteiger partial charge >= 0.3 is 0 Å². The Morgan fingerprint density at radius 3 is 2.56 bits per heavy atom. The third-order valence-corrected chi connectivity index (χ3v) is 6.48. The first kappa shape index (κ1) is 26.0. The highest BCUT2D eigenvalue weighted by atomic mass is 19.1. The smallest absolute Gasteiger partial charge is 0.258 e. The quantitative estimate of drug-likeness (QED) is 0.415. The van der Waals surface area contributed by atoms with Crippen molar-refractivity contribution in [3.05, 3.63) is 53.8 Å². The highest BCUT2D eigenvalue weighted by Gasteiger charge is 2.27. The van der Waals surface area contributed by atoms with Crippen LogP contribution in [0.2, 0.25) is 0 Å². The van der Waals surface area contributed by atoms with Crippen LogP contribution in [0.5, 0.6) is 5.75 Å². The largest absolute Gasteiger partial charge is 0.494 e. The molecule has 0 saturated carbocycles. The Labute approximate surface area is 203 Å². The minimum absolute atomic E-state index is 0.189. The van der Waals surface area contributed by atoms with Gasteiger partial charge in [0, 0.05) is 57.7 Å². The fourth-order valence-electron chi connectivity index (χ4n) is 4.26. The second-order valence-corrected chi connectivity index (χ2v) is 8.94. The molecule has 34 heavy (non-hydrogen) atoms. The van der Waals surface area contributed by atoms with Crippen LogP contribution in [0.4, 0.5) is 15.8 Å². The van der Waals surface area contributed by atoms with Crippen LogP contribution >= 0.6 is 0 Å². The number of anilines is 2. The van der Waals surface area contributed by atoms with E-state index in [2.05, 4.69) is 23.8 Å². The number of methoxy groups -OCH3 is 1. The molecule has 1 saturated heterocycles. The average molecular weight is 472 g/mol. The average Bonchev–Trinajstić information content (AvgIpc) is 3.34. The zero-order chi connectivity index (χ0) is 24.5. The van der Waals surface area contributed by atoms with Gasteiger partial charge < -0.3 is 24.2 Å². The number of carbonyl (C=O) groups excluding carboxylic acids is 1. The Morgan fingerprint density at radius 1 is 1.12 bits per heavy atom. The van der Waals surface area contributed by atoms with E-state index >= 15 is 4.39 Å². The topological polar surface area (TPSA) is 45.2 Å². The Balaban J connectivity index is 1.60. The first-order chi connectivity index (χ1) is 16.4. The molecule has 2 aromatic rings. The van der Waals surface area contributed by atoms with E-state index in [1.54, 1.807) is 44.5 Å². The molecule has 1 unspecified atom stereocenters. The first-order valence-electron chi connectivity index (χ1n) is 12.2. The second kappa shape index (κ2) is 12.7. The van der Waals surface area contributed by atoms with Crippen molar-refractivity contribution in [1.82, 2.24) is 4.90 Å². The highest BCUT2D eigenvalue weighted by Crippen LogP contribution is 2.29. The highest BCUT2D eigenvalue weighted by molar-refractivity contribution is 6.05. The van der Waals surface area contributed by atoms with Crippen molar-refractivity contribution in [2.75, 3.05) is 63.9 Å². The van der Waals surface area contributed by atoms with Crippen LogP contribution in [-0.4, -0.2) is 70.9 Å². The number of nitrogens with zero attached hydrogens (tertiary/aromatic N) is 3. The number of benzene rings is 2. The second-order valence-electron chi connectivity index (χ2n) is 8.94. The van der Waals surface area contributed by atoms with Crippen LogP contribution < -0.4 is 14.5 Å². The number of ether oxygens (including phenoxy) is 2. The maximum atomic E-state index is 15.1. The SMILES string of the molecule is CCCCOc1ccc(C(=O)N(C)c2ccc(N3CCC(N(C)CCCOC)C3)c(F)c2)cc1. The van der Waals surface area contributed by atoms with E-state index in [0.717, 1.165) is 57.7 Å². The van der Waals surface area contributed by atoms with Crippen molar-refractivity contribution in [1.29, 1.82) is 0 Å². The number of unbranched alkanes of at least 4 members (excludes halogenated alkanes) is 1. The molecule has 186 valence electrons. The minimum atomic E-state index is -0.306. The molecule has 0 aliphatic carbocycles. The van der Waals surface area contributed by atoms with Gasteiger partial charge in [-0.3, -0.25) is 4.79 Å². The van der Waals surface area contributed by atoms with Gasteiger partial charge in [-0.15, -0.1) is 0 Å². The van der Waals surface area contributed by atoms with E-state index in [4.69, 9.17) is 9.47 Å². The van der Waals surface area contributed by atoms with Crippen molar-refractivity contribution in [2.24, 2.45) is 0 Å². The van der Waals surface area contributed by atoms with Gasteiger partial charge in [0.05, 0.1) is 12.3 Å². The molecule has 2 aromatic carbocycles. The third kappa shape index (κ3) is 6.70. The molecule has 6 nitrogen and oxygen atoms in total. The lowest BCUT2D eigenvalue weighted by Gasteiger charge is -2.26. The molecular weight excluding hydrogens is 433 g/mol. The van der Waals surface area contributed by atoms with Crippen LogP contribution in [0.3, 0.4) is 0 Å². The molecule has 1 aliphatic heterocycles. The van der Waals surface area contributed by atoms with Crippen molar-refractivity contribution >= 4 is 17.3 Å². The summed E-state index contributed by atoms with van der Waals surface area (Å²) in [6.45, 7) is 6.10. The lowest BCUT2D eigenvalue weighted by molar-refractivity contribution is 0.0993. The van der Waals surface area contributed by atoms with E-state index in [0.29, 0.717) is 29.6 Å². The van der Waals surface area contributed by atoms with Gasteiger partial charge in [-0.2, -0.15) is 0 Å². The predicted molar refractivity (Wildman–Crippen MR) is 136 cm³/mol. The third-order valence-electron chi connectivity index (χ3n) is 6.48. The molecule has 0 aromatic heterocycles. The number of amides is 1. The first-order valence-corrected chi connectivity index (χ1v) is 12.2. The van der Waals surface area contributed by atoms with Gasteiger partial charge in [-0.1, -0.05) is 13.3 Å². The van der Waals surface area contributed by atoms with E-state index in [-0.39, 0.29) is 11.7 Å². The van der Waals surface area contributed by atoms with E-state index < -0.39 is 0 Å². The van der Waals surface area contributed by atoms with E-state index in [1.807, 2.05) is 6.07 Å². The summed E-state index contributed by atoms with van der Waals surface area (Å²) in [7, 11) is 5.51. The maximum absolute atomic E-state index is 15.1. The molecule has 1 atom stereocenters. The van der Waals surface area contributed by atoms with Gasteiger partial charge in [-0.25, -0.2) is 4.39 Å². The number of halogens is 1. The minimum Gasteiger partial charge on any atom is -0.494 e. The molecule has 7 heteroatoms. The van der Waals surface area contributed by atoms with E-state index in [1.165, 1.54) is 11.0 Å². The van der Waals surface area contributed by atoms with Crippen LogP contribution in [0, 0.1) is 5.82 Å². The molecule has 0 bridgehead atoms. The molecular formula is C27H38FN3O3. The van der Waals surface area contributed by atoms with Crippen LogP contribution in [0.15, 0.2) is 42.5 Å². The lowest BCUT2D eigenvalue weighted by Crippen LogP contribution is -2.35. The summed E-state index contributed by atoms with van der Waals surface area (Å²) in [4.78, 5) is 18.8. The predicted octanol–water partition coefficient (Wildman–Crippen LogP) is 4.83. The summed E-state index contributed by atoms with van der Waals surface area (Å²) in [5, 5.41) is 0. The normalized spacial score (nSPS) is 15.7. The molecule has 0 spiro atoms. The summed E-state index contributed by atoms with van der Waals surface area (Å²) in [6.07, 6.45) is 4.05.